The van der Waals surface area contributed by atoms with Gasteiger partial charge in [0, 0.05) is 16.2 Å². The van der Waals surface area contributed by atoms with Gasteiger partial charge in [-0.25, -0.2) is 0 Å². The lowest BCUT2D eigenvalue weighted by Gasteiger charge is -2.15. The van der Waals surface area contributed by atoms with Crippen molar-refractivity contribution < 1.29 is 0 Å². The molecular weight excluding hydrogens is 298 g/mol. The first-order chi connectivity index (χ1) is 7.75. The molecule has 90 valence electrons. The van der Waals surface area contributed by atoms with Crippen molar-refractivity contribution in [3.05, 3.63) is 64.6 Å². The normalized spacial score (nSPS) is 11.4. The Morgan fingerprint density at radius 1 is 1.00 bits per heavy atom. The second-order valence-electron chi connectivity index (χ2n) is 3.79. The molecule has 3 heteroatoms. The van der Waals surface area contributed by atoms with Crippen molar-refractivity contribution in [2.75, 3.05) is 5.32 Å². The van der Waals surface area contributed by atoms with Crippen LogP contribution in [-0.4, -0.2) is 0 Å². The summed E-state index contributed by atoms with van der Waals surface area (Å²) in [5.74, 6) is 0. The van der Waals surface area contributed by atoms with Crippen molar-refractivity contribution in [3.63, 3.8) is 0 Å². The summed E-state index contributed by atoms with van der Waals surface area (Å²) >= 11 is 3.49. The summed E-state index contributed by atoms with van der Waals surface area (Å²) in [4.78, 5) is 0. The van der Waals surface area contributed by atoms with Gasteiger partial charge in [0.1, 0.15) is 0 Å². The van der Waals surface area contributed by atoms with Crippen molar-refractivity contribution in [1.82, 2.24) is 0 Å². The van der Waals surface area contributed by atoms with Crippen molar-refractivity contribution in [2.45, 2.75) is 13.0 Å². The smallest absolute Gasteiger partial charge is 0.0486 e. The van der Waals surface area contributed by atoms with Crippen LogP contribution in [0.25, 0.3) is 0 Å². The first-order valence-electron chi connectivity index (χ1n) is 5.33. The lowest BCUT2D eigenvalue weighted by Crippen LogP contribution is -2.06. The predicted octanol–water partition coefficient (Wildman–Crippen LogP) is 5.04. The Hall–Kier alpha value is -0.990. The van der Waals surface area contributed by atoms with Gasteiger partial charge in [-0.05, 0) is 36.8 Å². The maximum atomic E-state index is 3.49. The topological polar surface area (TPSA) is 12.0 Å². The van der Waals surface area contributed by atoms with E-state index in [9.17, 15) is 0 Å². The minimum Gasteiger partial charge on any atom is -0.379 e. The number of rotatable bonds is 3. The van der Waals surface area contributed by atoms with Crippen LogP contribution >= 0.6 is 28.3 Å². The Bertz CT molecular complexity index is 459. The van der Waals surface area contributed by atoms with E-state index in [0.717, 1.165) is 10.2 Å². The van der Waals surface area contributed by atoms with E-state index in [1.165, 1.54) is 5.56 Å². The van der Waals surface area contributed by atoms with E-state index >= 15 is 0 Å². The third-order valence-electron chi connectivity index (χ3n) is 2.51. The molecule has 0 aliphatic carbocycles. The molecule has 1 atom stereocenters. The third-order valence-corrected chi connectivity index (χ3v) is 3.00. The first-order valence-corrected chi connectivity index (χ1v) is 6.12. The lowest BCUT2D eigenvalue weighted by atomic mass is 10.1. The van der Waals surface area contributed by atoms with E-state index in [2.05, 4.69) is 58.5 Å². The average molecular weight is 313 g/mol. The highest BCUT2D eigenvalue weighted by atomic mass is 79.9. The van der Waals surface area contributed by atoms with Gasteiger partial charge in [-0.2, -0.15) is 0 Å². The Kier molecular flexibility index (Phi) is 5.52. The average Bonchev–Trinajstić information content (AvgIpc) is 2.30. The van der Waals surface area contributed by atoms with Crippen LogP contribution in [0.4, 0.5) is 5.69 Å². The standard InChI is InChI=1S/C14H14BrN.ClH/c1-11(12-6-5-7-13(15)10-12)16-14-8-3-2-4-9-14;/h2-11,16H,1H3;1H. The molecule has 17 heavy (non-hydrogen) atoms. The van der Waals surface area contributed by atoms with Gasteiger partial charge in [0.2, 0.25) is 0 Å². The number of hydrogen-bond donors (Lipinski definition) is 1. The molecule has 2 rings (SSSR count). The Balaban J connectivity index is 0.00000144. The molecule has 0 fully saturated rings. The number of hydrogen-bond acceptors (Lipinski definition) is 1. The van der Waals surface area contributed by atoms with E-state index in [0.29, 0.717) is 6.04 Å². The van der Waals surface area contributed by atoms with Crippen molar-refractivity contribution in [1.29, 1.82) is 0 Å². The molecule has 0 bridgehead atoms. The van der Waals surface area contributed by atoms with Gasteiger partial charge in [-0.3, -0.25) is 0 Å². The summed E-state index contributed by atoms with van der Waals surface area (Å²) < 4.78 is 1.12. The molecule has 1 unspecified atom stereocenters. The van der Waals surface area contributed by atoms with Crippen LogP contribution in [0.1, 0.15) is 18.5 Å². The van der Waals surface area contributed by atoms with Gasteiger partial charge in [0.15, 0.2) is 0 Å². The molecule has 0 saturated carbocycles. The van der Waals surface area contributed by atoms with E-state index in [4.69, 9.17) is 0 Å². The number of nitrogens with one attached hydrogen (secondary N) is 1. The quantitative estimate of drug-likeness (QED) is 0.837. The molecule has 0 amide bonds. The second-order valence-corrected chi connectivity index (χ2v) is 4.70. The van der Waals surface area contributed by atoms with Crippen LogP contribution in [0.3, 0.4) is 0 Å². The van der Waals surface area contributed by atoms with E-state index < -0.39 is 0 Å². The SMILES string of the molecule is CC(Nc1ccccc1)c1cccc(Br)c1.Cl. The van der Waals surface area contributed by atoms with Crippen LogP contribution < -0.4 is 5.32 Å². The summed E-state index contributed by atoms with van der Waals surface area (Å²) in [6.07, 6.45) is 0. The Morgan fingerprint density at radius 2 is 1.71 bits per heavy atom. The zero-order valence-corrected chi connectivity index (χ0v) is 12.0. The van der Waals surface area contributed by atoms with Gasteiger partial charge < -0.3 is 5.32 Å². The van der Waals surface area contributed by atoms with Gasteiger partial charge in [-0.1, -0.05) is 46.3 Å². The van der Waals surface area contributed by atoms with E-state index in [-0.39, 0.29) is 12.4 Å². The summed E-state index contributed by atoms with van der Waals surface area (Å²) in [7, 11) is 0. The zero-order valence-electron chi connectivity index (χ0n) is 9.56. The Morgan fingerprint density at radius 3 is 2.35 bits per heavy atom. The maximum absolute atomic E-state index is 3.49. The second kappa shape index (κ2) is 6.67. The van der Waals surface area contributed by atoms with Gasteiger partial charge in [-0.15, -0.1) is 12.4 Å². The van der Waals surface area contributed by atoms with Gasteiger partial charge in [0.25, 0.3) is 0 Å². The van der Waals surface area contributed by atoms with Gasteiger partial charge >= 0.3 is 0 Å². The number of halogens is 2. The van der Waals surface area contributed by atoms with Crippen molar-refractivity contribution >= 4 is 34.0 Å². The minimum atomic E-state index is 0. The van der Waals surface area contributed by atoms with Crippen LogP contribution in [0.2, 0.25) is 0 Å². The fraction of sp³-hybridized carbons (Fsp3) is 0.143. The fourth-order valence-corrected chi connectivity index (χ4v) is 2.06. The van der Waals surface area contributed by atoms with Crippen LogP contribution in [0.5, 0.6) is 0 Å². The molecule has 0 saturated heterocycles. The highest BCUT2D eigenvalue weighted by Gasteiger charge is 2.04. The minimum absolute atomic E-state index is 0. The first kappa shape index (κ1) is 14.1. The monoisotopic (exact) mass is 311 g/mol. The summed E-state index contributed by atoms with van der Waals surface area (Å²) in [6, 6.07) is 18.9. The summed E-state index contributed by atoms with van der Waals surface area (Å²) in [6.45, 7) is 2.16. The van der Waals surface area contributed by atoms with Crippen LogP contribution in [0, 0.1) is 0 Å². The molecule has 0 radical (unpaired) electrons. The number of benzene rings is 2. The summed E-state index contributed by atoms with van der Waals surface area (Å²) in [5, 5.41) is 3.46. The maximum Gasteiger partial charge on any atom is 0.0486 e. The number of anilines is 1. The molecule has 0 heterocycles. The fourth-order valence-electron chi connectivity index (χ4n) is 1.64. The molecule has 0 aromatic heterocycles. The molecule has 0 aliphatic rings. The van der Waals surface area contributed by atoms with E-state index in [1.54, 1.807) is 0 Å². The van der Waals surface area contributed by atoms with Crippen LogP contribution in [-0.2, 0) is 0 Å². The molecule has 1 N–H and O–H groups in total. The molecule has 0 aliphatic heterocycles. The highest BCUT2D eigenvalue weighted by Crippen LogP contribution is 2.21. The Labute approximate surface area is 117 Å². The zero-order chi connectivity index (χ0) is 11.4. The number of para-hydroxylation sites is 1. The highest BCUT2D eigenvalue weighted by molar-refractivity contribution is 9.10. The van der Waals surface area contributed by atoms with Gasteiger partial charge in [0.05, 0.1) is 0 Å². The largest absolute Gasteiger partial charge is 0.379 e. The van der Waals surface area contributed by atoms with E-state index in [1.807, 2.05) is 24.3 Å². The molecule has 2 aromatic rings. The predicted molar refractivity (Wildman–Crippen MR) is 79.9 cm³/mol. The third kappa shape index (κ3) is 4.06. The molecule has 1 nitrogen and oxygen atoms in total. The molecule has 0 spiro atoms. The van der Waals surface area contributed by atoms with Crippen molar-refractivity contribution in [2.24, 2.45) is 0 Å². The van der Waals surface area contributed by atoms with Crippen LogP contribution in [0.15, 0.2) is 59.1 Å². The van der Waals surface area contributed by atoms with Crippen molar-refractivity contribution in [3.8, 4) is 0 Å². The molecule has 2 aromatic carbocycles. The lowest BCUT2D eigenvalue weighted by molar-refractivity contribution is 0.884. The summed E-state index contributed by atoms with van der Waals surface area (Å²) in [5.41, 5.74) is 2.42. The molecular formula is C14H15BrClN.